The van der Waals surface area contributed by atoms with E-state index in [0.29, 0.717) is 6.42 Å². The van der Waals surface area contributed by atoms with Gasteiger partial charge in [0.1, 0.15) is 5.78 Å². The normalized spacial score (nSPS) is 30.8. The predicted octanol–water partition coefficient (Wildman–Crippen LogP) is 4.56. The molecule has 0 spiro atoms. The van der Waals surface area contributed by atoms with Crippen LogP contribution >= 0.6 is 11.8 Å². The number of Topliss-reactive ketones (excluding diaryl/α,β-unsaturated/α-hetero) is 1. The van der Waals surface area contributed by atoms with Crippen molar-refractivity contribution in [2.24, 2.45) is 5.92 Å². The molecule has 1 heterocycles. The van der Waals surface area contributed by atoms with Crippen LogP contribution in [0, 0.1) is 5.92 Å². The van der Waals surface area contributed by atoms with Crippen LogP contribution in [0.2, 0.25) is 0 Å². The van der Waals surface area contributed by atoms with Crippen LogP contribution in [0.4, 0.5) is 0 Å². The highest BCUT2D eigenvalue weighted by Gasteiger charge is 2.48. The molecule has 4 atom stereocenters. The largest absolute Gasteiger partial charge is 0.389 e. The molecule has 3 heteroatoms. The lowest BCUT2D eigenvalue weighted by Gasteiger charge is -2.45. The lowest BCUT2D eigenvalue weighted by atomic mass is 9.77. The summed E-state index contributed by atoms with van der Waals surface area (Å²) >= 11 is 1.80. The predicted molar refractivity (Wildman–Crippen MR) is 95.4 cm³/mol. The van der Waals surface area contributed by atoms with Gasteiger partial charge in [-0.05, 0) is 31.4 Å². The maximum atomic E-state index is 12.3. The molecule has 0 aliphatic carbocycles. The minimum atomic E-state index is -1.00. The first-order valence-electron chi connectivity index (χ1n) is 7.97. The van der Waals surface area contributed by atoms with E-state index in [9.17, 15) is 9.90 Å². The number of thioether (sulfide) groups is 1. The zero-order valence-electron chi connectivity index (χ0n) is 13.5. The summed E-state index contributed by atoms with van der Waals surface area (Å²) in [6.07, 6.45) is 0.593. The second-order valence-electron chi connectivity index (χ2n) is 6.52. The van der Waals surface area contributed by atoms with Crippen molar-refractivity contribution in [1.29, 1.82) is 0 Å². The summed E-state index contributed by atoms with van der Waals surface area (Å²) in [6.45, 7) is 3.41. The molecule has 2 aromatic rings. The summed E-state index contributed by atoms with van der Waals surface area (Å²) < 4.78 is 0. The highest BCUT2D eigenvalue weighted by atomic mass is 32.2. The van der Waals surface area contributed by atoms with E-state index >= 15 is 0 Å². The summed E-state index contributed by atoms with van der Waals surface area (Å²) in [5.74, 6) is -0.322. The minimum absolute atomic E-state index is 0.0253. The number of ketones is 1. The van der Waals surface area contributed by atoms with E-state index in [-0.39, 0.29) is 22.2 Å². The van der Waals surface area contributed by atoms with E-state index in [2.05, 4.69) is 24.3 Å². The van der Waals surface area contributed by atoms with Crippen molar-refractivity contribution in [3.63, 3.8) is 0 Å². The van der Waals surface area contributed by atoms with E-state index in [4.69, 9.17) is 0 Å². The zero-order valence-corrected chi connectivity index (χ0v) is 14.3. The van der Waals surface area contributed by atoms with E-state index in [1.54, 1.807) is 18.7 Å². The first kappa shape index (κ1) is 16.3. The van der Waals surface area contributed by atoms with Gasteiger partial charge in [0.25, 0.3) is 0 Å². The third-order valence-corrected chi connectivity index (χ3v) is 6.22. The molecule has 1 aliphatic rings. The van der Waals surface area contributed by atoms with E-state index in [1.807, 2.05) is 43.3 Å². The molecule has 0 bridgehead atoms. The molecule has 0 amide bonds. The number of rotatable bonds is 3. The van der Waals surface area contributed by atoms with Crippen LogP contribution in [-0.4, -0.2) is 16.5 Å². The molecular formula is C20H22O2S. The topological polar surface area (TPSA) is 37.3 Å². The number of carbonyl (C=O) groups excluding carboxylic acids is 1. The van der Waals surface area contributed by atoms with Gasteiger partial charge in [-0.2, -0.15) is 0 Å². The Balaban J connectivity index is 2.00. The Kier molecular flexibility index (Phi) is 4.60. The maximum absolute atomic E-state index is 12.3. The third kappa shape index (κ3) is 3.36. The van der Waals surface area contributed by atoms with Crippen molar-refractivity contribution in [3.8, 4) is 0 Å². The van der Waals surface area contributed by atoms with Crippen molar-refractivity contribution >= 4 is 17.5 Å². The smallest absolute Gasteiger partial charge is 0.137 e. The van der Waals surface area contributed by atoms with Gasteiger partial charge in [-0.15, -0.1) is 11.8 Å². The van der Waals surface area contributed by atoms with Gasteiger partial charge in [0.05, 0.1) is 11.5 Å². The minimum Gasteiger partial charge on any atom is -0.389 e. The molecule has 2 nitrogen and oxygen atoms in total. The molecule has 1 aliphatic heterocycles. The van der Waals surface area contributed by atoms with Gasteiger partial charge < -0.3 is 5.11 Å². The van der Waals surface area contributed by atoms with Gasteiger partial charge >= 0.3 is 0 Å². The quantitative estimate of drug-likeness (QED) is 0.898. The maximum Gasteiger partial charge on any atom is 0.137 e. The molecule has 0 unspecified atom stereocenters. The van der Waals surface area contributed by atoms with Gasteiger partial charge in [0, 0.05) is 10.5 Å². The van der Waals surface area contributed by atoms with Gasteiger partial charge in [-0.1, -0.05) is 60.7 Å². The number of aliphatic hydroxyl groups is 1. The standard InChI is InChI=1S/C20H22O2S/c1-14(21)18-19(16-11-7-4-8-12-16)23-17(13-20(18,2)22)15-9-5-3-6-10-15/h3-12,17-19,22H,13H2,1-2H3/t17-,18-,19-,20+/m0/s1. The summed E-state index contributed by atoms with van der Waals surface area (Å²) in [6, 6.07) is 20.3. The number of carbonyl (C=O) groups is 1. The molecule has 3 rings (SSSR count). The molecule has 1 fully saturated rings. The van der Waals surface area contributed by atoms with Crippen LogP contribution in [0.5, 0.6) is 0 Å². The fourth-order valence-corrected chi connectivity index (χ4v) is 5.62. The van der Waals surface area contributed by atoms with Crippen LogP contribution in [0.1, 0.15) is 41.9 Å². The van der Waals surface area contributed by atoms with Crippen molar-refractivity contribution < 1.29 is 9.90 Å². The molecule has 1 N–H and O–H groups in total. The lowest BCUT2D eigenvalue weighted by molar-refractivity contribution is -0.130. The van der Waals surface area contributed by atoms with E-state index < -0.39 is 5.60 Å². The van der Waals surface area contributed by atoms with E-state index in [1.165, 1.54) is 5.56 Å². The van der Waals surface area contributed by atoms with Crippen LogP contribution < -0.4 is 0 Å². The van der Waals surface area contributed by atoms with Crippen LogP contribution in [0.15, 0.2) is 60.7 Å². The first-order valence-corrected chi connectivity index (χ1v) is 8.91. The van der Waals surface area contributed by atoms with Gasteiger partial charge in [-0.3, -0.25) is 4.79 Å². The van der Waals surface area contributed by atoms with Crippen LogP contribution in [-0.2, 0) is 4.79 Å². The van der Waals surface area contributed by atoms with Crippen molar-refractivity contribution in [2.45, 2.75) is 36.4 Å². The van der Waals surface area contributed by atoms with E-state index in [0.717, 1.165) is 5.56 Å². The first-order chi connectivity index (χ1) is 11.0. The second kappa shape index (κ2) is 6.50. The Hall–Kier alpha value is -1.58. The SMILES string of the molecule is CC(=O)[C@H]1[C@H](c2ccccc2)S[C@H](c2ccccc2)C[C@@]1(C)O. The highest BCUT2D eigenvalue weighted by Crippen LogP contribution is 2.56. The Morgan fingerprint density at radius 3 is 2.09 bits per heavy atom. The summed E-state index contributed by atoms with van der Waals surface area (Å²) in [5, 5.41) is 11.2. The monoisotopic (exact) mass is 326 g/mol. The van der Waals surface area contributed by atoms with Crippen LogP contribution in [0.3, 0.4) is 0 Å². The van der Waals surface area contributed by atoms with Gasteiger partial charge in [0.15, 0.2) is 0 Å². The molecule has 2 aromatic carbocycles. The third-order valence-electron chi connectivity index (χ3n) is 4.62. The summed E-state index contributed by atoms with van der Waals surface area (Å²) in [5.41, 5.74) is 1.32. The molecule has 23 heavy (non-hydrogen) atoms. The summed E-state index contributed by atoms with van der Waals surface area (Å²) in [7, 11) is 0. The Bertz CT molecular complexity index is 667. The van der Waals surface area contributed by atoms with Crippen LogP contribution in [0.25, 0.3) is 0 Å². The van der Waals surface area contributed by atoms with Crippen molar-refractivity contribution in [1.82, 2.24) is 0 Å². The molecule has 0 saturated carbocycles. The Morgan fingerprint density at radius 1 is 1.04 bits per heavy atom. The average molecular weight is 326 g/mol. The van der Waals surface area contributed by atoms with Crippen molar-refractivity contribution in [2.75, 3.05) is 0 Å². The molecule has 1 saturated heterocycles. The van der Waals surface area contributed by atoms with Gasteiger partial charge in [0.2, 0.25) is 0 Å². The molecule has 0 aromatic heterocycles. The highest BCUT2D eigenvalue weighted by molar-refractivity contribution is 7.99. The number of benzene rings is 2. The lowest BCUT2D eigenvalue weighted by Crippen LogP contribution is -2.45. The molecule has 120 valence electrons. The Labute approximate surface area is 141 Å². The second-order valence-corrected chi connectivity index (χ2v) is 7.87. The molecular weight excluding hydrogens is 304 g/mol. The Morgan fingerprint density at radius 2 is 1.57 bits per heavy atom. The average Bonchev–Trinajstić information content (AvgIpc) is 2.54. The zero-order chi connectivity index (χ0) is 16.4. The molecule has 0 radical (unpaired) electrons. The summed E-state index contributed by atoms with van der Waals surface area (Å²) in [4.78, 5) is 12.3. The fourth-order valence-electron chi connectivity index (χ4n) is 3.56. The fraction of sp³-hybridized carbons (Fsp3) is 0.350. The van der Waals surface area contributed by atoms with Crippen molar-refractivity contribution in [3.05, 3.63) is 71.8 Å². The number of hydrogen-bond acceptors (Lipinski definition) is 3. The van der Waals surface area contributed by atoms with Gasteiger partial charge in [-0.25, -0.2) is 0 Å². The number of hydrogen-bond donors (Lipinski definition) is 1.